The normalized spacial score (nSPS) is 17.4. The molecule has 1 unspecified atom stereocenters. The quantitative estimate of drug-likeness (QED) is 0.320. The second-order valence-electron chi connectivity index (χ2n) is 7.88. The van der Waals surface area contributed by atoms with E-state index in [1.807, 2.05) is 13.8 Å². The number of aliphatic hydroxyl groups excluding tert-OH is 1. The van der Waals surface area contributed by atoms with Gasteiger partial charge < -0.3 is 29.0 Å². The molecule has 9 heteroatoms. The third kappa shape index (κ3) is 4.98. The molecular weight excluding hydrogens is 462 g/mol. The fourth-order valence-electron chi connectivity index (χ4n) is 3.89. The third-order valence-electron chi connectivity index (χ3n) is 5.42. The molecule has 1 fully saturated rings. The standard InChI is InChI=1S/C25H28ClNO7/c1-14(2)34-10-9-27-21(16-12-18(31-3)24(33-5)19(13-16)32-4)20(23(29)25(27)30)22(28)15-7-6-8-17(26)11-15/h6-8,11-14,21,28H,9-10H2,1-5H3/b22-20+. The Balaban J connectivity index is 2.22. The lowest BCUT2D eigenvalue weighted by Gasteiger charge is -2.26. The van der Waals surface area contributed by atoms with Crippen LogP contribution in [0.25, 0.3) is 5.76 Å². The van der Waals surface area contributed by atoms with E-state index in [9.17, 15) is 14.7 Å². The Morgan fingerprint density at radius 2 is 1.71 bits per heavy atom. The zero-order valence-electron chi connectivity index (χ0n) is 19.8. The van der Waals surface area contributed by atoms with Crippen LogP contribution in [-0.4, -0.2) is 62.3 Å². The summed E-state index contributed by atoms with van der Waals surface area (Å²) in [7, 11) is 4.43. The molecule has 34 heavy (non-hydrogen) atoms. The van der Waals surface area contributed by atoms with Gasteiger partial charge in [0.15, 0.2) is 11.5 Å². The summed E-state index contributed by atoms with van der Waals surface area (Å²) >= 11 is 6.09. The molecule has 0 aromatic heterocycles. The maximum Gasteiger partial charge on any atom is 0.295 e. The Bertz CT molecular complexity index is 1090. The van der Waals surface area contributed by atoms with Crippen LogP contribution in [-0.2, 0) is 14.3 Å². The van der Waals surface area contributed by atoms with E-state index in [0.717, 1.165) is 0 Å². The number of hydrogen-bond acceptors (Lipinski definition) is 7. The Kier molecular flexibility index (Phi) is 8.06. The van der Waals surface area contributed by atoms with Crippen LogP contribution >= 0.6 is 11.6 Å². The zero-order chi connectivity index (χ0) is 25.0. The lowest BCUT2D eigenvalue weighted by molar-refractivity contribution is -0.140. The van der Waals surface area contributed by atoms with Gasteiger partial charge in [-0.05, 0) is 43.7 Å². The van der Waals surface area contributed by atoms with E-state index in [1.54, 1.807) is 30.3 Å². The minimum absolute atomic E-state index is 0.0529. The number of carbonyl (C=O) groups is 2. The number of likely N-dealkylation sites (tertiary alicyclic amines) is 1. The van der Waals surface area contributed by atoms with Crippen molar-refractivity contribution in [3.05, 3.63) is 58.1 Å². The molecule has 0 spiro atoms. The van der Waals surface area contributed by atoms with Gasteiger partial charge in [0.25, 0.3) is 11.7 Å². The molecule has 1 amide bonds. The molecule has 1 heterocycles. The SMILES string of the molecule is COc1cc(C2/C(=C(\O)c3cccc(Cl)c3)C(=O)C(=O)N2CCOC(C)C)cc(OC)c1OC. The number of nitrogens with zero attached hydrogens (tertiary/aromatic N) is 1. The molecule has 182 valence electrons. The van der Waals surface area contributed by atoms with Gasteiger partial charge >= 0.3 is 0 Å². The van der Waals surface area contributed by atoms with Gasteiger partial charge in [0.2, 0.25) is 5.75 Å². The van der Waals surface area contributed by atoms with E-state index in [2.05, 4.69) is 0 Å². The number of amides is 1. The van der Waals surface area contributed by atoms with Crippen molar-refractivity contribution in [3.63, 3.8) is 0 Å². The summed E-state index contributed by atoms with van der Waals surface area (Å²) in [6, 6.07) is 8.83. The summed E-state index contributed by atoms with van der Waals surface area (Å²) < 4.78 is 21.9. The second kappa shape index (κ2) is 10.8. The highest BCUT2D eigenvalue weighted by Gasteiger charge is 2.46. The molecule has 0 bridgehead atoms. The van der Waals surface area contributed by atoms with Crippen molar-refractivity contribution in [2.45, 2.75) is 26.0 Å². The van der Waals surface area contributed by atoms with Gasteiger partial charge in [0.1, 0.15) is 5.76 Å². The van der Waals surface area contributed by atoms with E-state index >= 15 is 0 Å². The number of rotatable bonds is 9. The molecular formula is C25H28ClNO7. The van der Waals surface area contributed by atoms with Gasteiger partial charge in [0.05, 0.1) is 45.7 Å². The monoisotopic (exact) mass is 489 g/mol. The number of halogens is 1. The predicted molar refractivity (Wildman–Crippen MR) is 128 cm³/mol. The van der Waals surface area contributed by atoms with Crippen molar-refractivity contribution in [2.75, 3.05) is 34.5 Å². The lowest BCUT2D eigenvalue weighted by Crippen LogP contribution is -2.33. The molecule has 0 radical (unpaired) electrons. The van der Waals surface area contributed by atoms with E-state index in [1.165, 1.54) is 32.3 Å². The van der Waals surface area contributed by atoms with Crippen molar-refractivity contribution in [3.8, 4) is 17.2 Å². The topological polar surface area (TPSA) is 94.5 Å². The average molecular weight is 490 g/mol. The van der Waals surface area contributed by atoms with Crippen molar-refractivity contribution in [1.29, 1.82) is 0 Å². The van der Waals surface area contributed by atoms with Crippen molar-refractivity contribution in [2.24, 2.45) is 0 Å². The van der Waals surface area contributed by atoms with Crippen molar-refractivity contribution < 1.29 is 33.6 Å². The molecule has 2 aromatic carbocycles. The van der Waals surface area contributed by atoms with Crippen LogP contribution in [0.2, 0.25) is 5.02 Å². The van der Waals surface area contributed by atoms with Gasteiger partial charge in [0, 0.05) is 17.1 Å². The molecule has 1 N–H and O–H groups in total. The molecule has 1 aliphatic heterocycles. The average Bonchev–Trinajstić information content (AvgIpc) is 3.07. The van der Waals surface area contributed by atoms with Crippen LogP contribution < -0.4 is 14.2 Å². The molecule has 1 saturated heterocycles. The summed E-state index contributed by atoms with van der Waals surface area (Å²) in [6.07, 6.45) is -0.0529. The van der Waals surface area contributed by atoms with E-state index in [4.69, 9.17) is 30.5 Å². The van der Waals surface area contributed by atoms with Crippen LogP contribution in [0.5, 0.6) is 17.2 Å². The minimum atomic E-state index is -0.913. The maximum absolute atomic E-state index is 13.2. The number of methoxy groups -OCH3 is 3. The summed E-state index contributed by atoms with van der Waals surface area (Å²) in [5, 5.41) is 11.5. The molecule has 0 saturated carbocycles. The number of ketones is 1. The van der Waals surface area contributed by atoms with Gasteiger partial charge in [-0.15, -0.1) is 0 Å². The summed E-state index contributed by atoms with van der Waals surface area (Å²) in [6.45, 7) is 4.10. The number of hydrogen-bond donors (Lipinski definition) is 1. The first-order valence-electron chi connectivity index (χ1n) is 10.7. The number of aliphatic hydroxyl groups is 1. The highest BCUT2D eigenvalue weighted by molar-refractivity contribution is 6.46. The fourth-order valence-corrected chi connectivity index (χ4v) is 4.08. The minimum Gasteiger partial charge on any atom is -0.507 e. The highest BCUT2D eigenvalue weighted by Crippen LogP contribution is 2.45. The fraction of sp³-hybridized carbons (Fsp3) is 0.360. The molecule has 1 atom stereocenters. The lowest BCUT2D eigenvalue weighted by atomic mass is 9.94. The zero-order valence-corrected chi connectivity index (χ0v) is 20.5. The third-order valence-corrected chi connectivity index (χ3v) is 5.66. The Labute approximate surface area is 203 Å². The Morgan fingerprint density at radius 1 is 1.06 bits per heavy atom. The van der Waals surface area contributed by atoms with Crippen molar-refractivity contribution in [1.82, 2.24) is 4.90 Å². The maximum atomic E-state index is 13.2. The molecule has 8 nitrogen and oxygen atoms in total. The van der Waals surface area contributed by atoms with E-state index in [-0.39, 0.29) is 30.6 Å². The Hall–Kier alpha value is -3.23. The number of ether oxygens (including phenoxy) is 4. The number of Topliss-reactive ketones (excluding diaryl/α,β-unsaturated/α-hetero) is 1. The first kappa shape index (κ1) is 25.4. The first-order chi connectivity index (χ1) is 16.2. The number of benzene rings is 2. The van der Waals surface area contributed by atoms with Gasteiger partial charge in [-0.25, -0.2) is 0 Å². The van der Waals surface area contributed by atoms with Gasteiger partial charge in [-0.3, -0.25) is 9.59 Å². The summed E-state index contributed by atoms with van der Waals surface area (Å²) in [5.41, 5.74) is 0.759. The smallest absolute Gasteiger partial charge is 0.295 e. The Morgan fingerprint density at radius 3 is 2.24 bits per heavy atom. The van der Waals surface area contributed by atoms with Gasteiger partial charge in [-0.1, -0.05) is 23.7 Å². The summed E-state index contributed by atoms with van der Waals surface area (Å²) in [4.78, 5) is 27.6. The summed E-state index contributed by atoms with van der Waals surface area (Å²) in [5.74, 6) is -0.807. The van der Waals surface area contributed by atoms with Crippen molar-refractivity contribution >= 4 is 29.1 Å². The predicted octanol–water partition coefficient (Wildman–Crippen LogP) is 4.21. The van der Waals surface area contributed by atoms with Crippen LogP contribution in [0, 0.1) is 0 Å². The van der Waals surface area contributed by atoms with Crippen LogP contribution in [0.4, 0.5) is 0 Å². The van der Waals surface area contributed by atoms with Crippen LogP contribution in [0.15, 0.2) is 42.0 Å². The molecule has 3 rings (SSSR count). The van der Waals surface area contributed by atoms with Gasteiger partial charge in [-0.2, -0.15) is 0 Å². The van der Waals surface area contributed by atoms with E-state index in [0.29, 0.717) is 33.4 Å². The van der Waals surface area contributed by atoms with E-state index < -0.39 is 17.7 Å². The van der Waals surface area contributed by atoms with Crippen LogP contribution in [0.3, 0.4) is 0 Å². The second-order valence-corrected chi connectivity index (χ2v) is 8.32. The molecule has 1 aliphatic rings. The van der Waals surface area contributed by atoms with Crippen LogP contribution in [0.1, 0.15) is 31.0 Å². The first-order valence-corrected chi connectivity index (χ1v) is 11.1. The number of carbonyl (C=O) groups excluding carboxylic acids is 2. The largest absolute Gasteiger partial charge is 0.507 e. The molecule has 2 aromatic rings. The molecule has 0 aliphatic carbocycles. The highest BCUT2D eigenvalue weighted by atomic mass is 35.5.